The van der Waals surface area contributed by atoms with E-state index in [9.17, 15) is 10.2 Å². The number of aliphatic hydroxyl groups is 1. The lowest BCUT2D eigenvalue weighted by atomic mass is 9.99. The van der Waals surface area contributed by atoms with Crippen LogP contribution in [0, 0.1) is 6.92 Å². The van der Waals surface area contributed by atoms with E-state index in [0.717, 1.165) is 16.8 Å². The van der Waals surface area contributed by atoms with Gasteiger partial charge in [-0.3, -0.25) is 4.98 Å². The van der Waals surface area contributed by atoms with Gasteiger partial charge in [0.25, 0.3) is 0 Å². The van der Waals surface area contributed by atoms with E-state index >= 15 is 0 Å². The van der Waals surface area contributed by atoms with Crippen LogP contribution in [0.15, 0.2) is 30.5 Å². The van der Waals surface area contributed by atoms with E-state index in [2.05, 4.69) is 4.98 Å². The standard InChI is InChI=1S/C16H20N2O2.ClH/c1-11-16(20)15(13(10-19)9-17-11)8-12-4-6-14(7-5-12)18(2)3;/h4-7,9,19-20H,8,10H2,1-3H3;1H. The molecule has 0 saturated carbocycles. The van der Waals surface area contributed by atoms with E-state index in [1.54, 1.807) is 13.1 Å². The number of anilines is 1. The van der Waals surface area contributed by atoms with Gasteiger partial charge in [0, 0.05) is 43.5 Å². The third kappa shape index (κ3) is 3.86. The Morgan fingerprint density at radius 2 is 1.76 bits per heavy atom. The Morgan fingerprint density at radius 3 is 2.29 bits per heavy atom. The average Bonchev–Trinajstić information content (AvgIpc) is 2.45. The monoisotopic (exact) mass is 308 g/mol. The summed E-state index contributed by atoms with van der Waals surface area (Å²) in [5.41, 5.74) is 4.22. The smallest absolute Gasteiger partial charge is 0.140 e. The number of halogens is 1. The molecule has 0 fully saturated rings. The molecular formula is C16H21ClN2O2. The summed E-state index contributed by atoms with van der Waals surface area (Å²) in [4.78, 5) is 6.11. The number of rotatable bonds is 4. The van der Waals surface area contributed by atoms with E-state index in [4.69, 9.17) is 0 Å². The first-order valence-corrected chi connectivity index (χ1v) is 6.56. The topological polar surface area (TPSA) is 56.6 Å². The number of nitrogens with zero attached hydrogens (tertiary/aromatic N) is 2. The maximum absolute atomic E-state index is 10.1. The molecule has 114 valence electrons. The molecule has 1 aromatic heterocycles. The molecule has 0 amide bonds. The van der Waals surface area contributed by atoms with Crippen LogP contribution in [0.4, 0.5) is 5.69 Å². The summed E-state index contributed by atoms with van der Waals surface area (Å²) in [5.74, 6) is 0.174. The summed E-state index contributed by atoms with van der Waals surface area (Å²) in [6, 6.07) is 8.15. The molecule has 2 aromatic rings. The first-order valence-electron chi connectivity index (χ1n) is 6.56. The fourth-order valence-electron chi connectivity index (χ4n) is 2.13. The Kier molecular flexibility index (Phi) is 6.00. The van der Waals surface area contributed by atoms with Gasteiger partial charge in [0.15, 0.2) is 0 Å². The van der Waals surface area contributed by atoms with Crippen molar-refractivity contribution >= 4 is 18.1 Å². The van der Waals surface area contributed by atoms with Crippen molar-refractivity contribution in [1.82, 2.24) is 4.98 Å². The van der Waals surface area contributed by atoms with Gasteiger partial charge in [0.2, 0.25) is 0 Å². The van der Waals surface area contributed by atoms with Gasteiger partial charge in [-0.25, -0.2) is 0 Å². The number of pyridine rings is 1. The molecule has 1 aromatic carbocycles. The fraction of sp³-hybridized carbons (Fsp3) is 0.312. The number of aliphatic hydroxyl groups excluding tert-OH is 1. The molecule has 0 aliphatic heterocycles. The molecule has 0 aliphatic rings. The summed E-state index contributed by atoms with van der Waals surface area (Å²) in [6.45, 7) is 1.64. The first kappa shape index (κ1) is 17.3. The van der Waals surface area contributed by atoms with E-state index in [1.807, 2.05) is 43.3 Å². The predicted octanol–water partition coefficient (Wildman–Crippen LogP) is 2.67. The zero-order chi connectivity index (χ0) is 14.7. The molecule has 21 heavy (non-hydrogen) atoms. The van der Waals surface area contributed by atoms with E-state index in [1.165, 1.54) is 0 Å². The number of hydrogen-bond acceptors (Lipinski definition) is 4. The SMILES string of the molecule is Cc1ncc(CO)c(Cc2ccc(N(C)C)cc2)c1O.Cl. The number of aromatic nitrogens is 1. The minimum absolute atomic E-state index is 0. The molecule has 0 spiro atoms. The van der Waals surface area contributed by atoms with Crippen LogP contribution in [0.5, 0.6) is 5.75 Å². The van der Waals surface area contributed by atoms with Crippen molar-refractivity contribution in [3.63, 3.8) is 0 Å². The van der Waals surface area contributed by atoms with Crippen molar-refractivity contribution < 1.29 is 10.2 Å². The molecule has 1 heterocycles. The predicted molar refractivity (Wildman–Crippen MR) is 87.4 cm³/mol. The second-order valence-electron chi connectivity index (χ2n) is 5.09. The lowest BCUT2D eigenvalue weighted by Gasteiger charge is -2.14. The minimum atomic E-state index is -0.119. The molecule has 2 N–H and O–H groups in total. The Morgan fingerprint density at radius 1 is 1.14 bits per heavy atom. The van der Waals surface area contributed by atoms with Crippen LogP contribution in [-0.4, -0.2) is 29.3 Å². The quantitative estimate of drug-likeness (QED) is 0.912. The highest BCUT2D eigenvalue weighted by molar-refractivity contribution is 5.85. The van der Waals surface area contributed by atoms with Crippen LogP contribution < -0.4 is 4.90 Å². The highest BCUT2D eigenvalue weighted by Gasteiger charge is 2.12. The summed E-state index contributed by atoms with van der Waals surface area (Å²) < 4.78 is 0. The normalized spacial score (nSPS) is 10.1. The Labute approximate surface area is 131 Å². The van der Waals surface area contributed by atoms with Crippen LogP contribution in [-0.2, 0) is 13.0 Å². The maximum Gasteiger partial charge on any atom is 0.140 e. The Balaban J connectivity index is 0.00000220. The lowest BCUT2D eigenvalue weighted by Crippen LogP contribution is -2.08. The largest absolute Gasteiger partial charge is 0.506 e. The van der Waals surface area contributed by atoms with Crippen LogP contribution in [0.1, 0.15) is 22.4 Å². The van der Waals surface area contributed by atoms with Gasteiger partial charge in [-0.05, 0) is 24.6 Å². The second-order valence-corrected chi connectivity index (χ2v) is 5.09. The van der Waals surface area contributed by atoms with Crippen LogP contribution in [0.2, 0.25) is 0 Å². The Hall–Kier alpha value is -1.78. The first-order chi connectivity index (χ1) is 9.52. The fourth-order valence-corrected chi connectivity index (χ4v) is 2.13. The van der Waals surface area contributed by atoms with Crippen molar-refractivity contribution in [2.45, 2.75) is 20.0 Å². The van der Waals surface area contributed by atoms with Crippen molar-refractivity contribution in [3.05, 3.63) is 52.8 Å². The molecule has 0 saturated heterocycles. The van der Waals surface area contributed by atoms with Gasteiger partial charge >= 0.3 is 0 Å². The molecule has 4 nitrogen and oxygen atoms in total. The summed E-state index contributed by atoms with van der Waals surface area (Å²) in [6.07, 6.45) is 2.21. The highest BCUT2D eigenvalue weighted by Crippen LogP contribution is 2.27. The number of benzene rings is 1. The summed E-state index contributed by atoms with van der Waals surface area (Å²) in [5, 5.41) is 19.5. The third-order valence-electron chi connectivity index (χ3n) is 3.43. The van der Waals surface area contributed by atoms with Crippen molar-refractivity contribution in [2.24, 2.45) is 0 Å². The highest BCUT2D eigenvalue weighted by atomic mass is 35.5. The average molecular weight is 309 g/mol. The number of hydrogen-bond donors (Lipinski definition) is 2. The lowest BCUT2D eigenvalue weighted by molar-refractivity contribution is 0.279. The molecule has 0 aliphatic carbocycles. The van der Waals surface area contributed by atoms with Gasteiger partial charge in [-0.1, -0.05) is 12.1 Å². The van der Waals surface area contributed by atoms with Gasteiger partial charge in [-0.15, -0.1) is 12.4 Å². The second kappa shape index (κ2) is 7.29. The van der Waals surface area contributed by atoms with Crippen LogP contribution >= 0.6 is 12.4 Å². The van der Waals surface area contributed by atoms with Crippen LogP contribution in [0.3, 0.4) is 0 Å². The van der Waals surface area contributed by atoms with Gasteiger partial charge < -0.3 is 15.1 Å². The molecule has 5 heteroatoms. The molecule has 0 atom stereocenters. The molecular weight excluding hydrogens is 288 g/mol. The van der Waals surface area contributed by atoms with Crippen molar-refractivity contribution in [3.8, 4) is 5.75 Å². The van der Waals surface area contributed by atoms with Crippen molar-refractivity contribution in [1.29, 1.82) is 0 Å². The molecule has 2 rings (SSSR count). The molecule has 0 radical (unpaired) electrons. The van der Waals surface area contributed by atoms with E-state index < -0.39 is 0 Å². The molecule has 0 bridgehead atoms. The third-order valence-corrected chi connectivity index (χ3v) is 3.43. The summed E-state index contributed by atoms with van der Waals surface area (Å²) in [7, 11) is 3.99. The van der Waals surface area contributed by atoms with Gasteiger partial charge in [-0.2, -0.15) is 0 Å². The molecule has 0 unspecified atom stereocenters. The Bertz CT molecular complexity index is 598. The number of aromatic hydroxyl groups is 1. The number of aryl methyl sites for hydroxylation is 1. The van der Waals surface area contributed by atoms with Crippen LogP contribution in [0.25, 0.3) is 0 Å². The maximum atomic E-state index is 10.1. The zero-order valence-corrected chi connectivity index (χ0v) is 13.3. The zero-order valence-electron chi connectivity index (χ0n) is 12.5. The van der Waals surface area contributed by atoms with Gasteiger partial charge in [0.1, 0.15) is 5.75 Å². The summed E-state index contributed by atoms with van der Waals surface area (Å²) >= 11 is 0. The van der Waals surface area contributed by atoms with E-state index in [-0.39, 0.29) is 24.8 Å². The minimum Gasteiger partial charge on any atom is -0.506 e. The van der Waals surface area contributed by atoms with E-state index in [0.29, 0.717) is 17.7 Å². The van der Waals surface area contributed by atoms with Gasteiger partial charge in [0.05, 0.1) is 12.3 Å². The van der Waals surface area contributed by atoms with Crippen molar-refractivity contribution in [2.75, 3.05) is 19.0 Å².